The number of primary amides is 1. The summed E-state index contributed by atoms with van der Waals surface area (Å²) in [5, 5.41) is 13.3. The van der Waals surface area contributed by atoms with Crippen molar-refractivity contribution >= 4 is 22.7 Å². The summed E-state index contributed by atoms with van der Waals surface area (Å²) in [7, 11) is 0. The van der Waals surface area contributed by atoms with Crippen LogP contribution < -0.4 is 11.1 Å². The molecule has 0 aliphatic heterocycles. The third-order valence-corrected chi connectivity index (χ3v) is 5.74. The minimum Gasteiger partial charge on any atom is -0.391 e. The van der Waals surface area contributed by atoms with E-state index in [2.05, 4.69) is 5.32 Å². The molecule has 2 amide bonds. The summed E-state index contributed by atoms with van der Waals surface area (Å²) < 4.78 is 16.5. The maximum Gasteiger partial charge on any atom is 0.253 e. The summed E-state index contributed by atoms with van der Waals surface area (Å²) >= 11 is 0. The average molecular weight is 409 g/mol. The van der Waals surface area contributed by atoms with Crippen molar-refractivity contribution in [3.63, 3.8) is 0 Å². The van der Waals surface area contributed by atoms with E-state index in [4.69, 9.17) is 5.73 Å². The first-order valence-electron chi connectivity index (χ1n) is 10.1. The lowest BCUT2D eigenvalue weighted by atomic mass is 9.92. The van der Waals surface area contributed by atoms with Crippen molar-refractivity contribution in [3.8, 4) is 0 Å². The average Bonchev–Trinajstić information content (AvgIpc) is 3.10. The topological polar surface area (TPSA) is 97.4 Å². The van der Waals surface area contributed by atoms with Crippen LogP contribution in [0.4, 0.5) is 4.39 Å². The zero-order chi connectivity index (χ0) is 21.3. The monoisotopic (exact) mass is 409 g/mol. The van der Waals surface area contributed by atoms with E-state index in [9.17, 15) is 19.1 Å². The predicted molar refractivity (Wildman–Crippen MR) is 112 cm³/mol. The number of carbonyl (C=O) groups excluding carboxylic acids is 2. The van der Waals surface area contributed by atoms with E-state index in [1.807, 2.05) is 4.57 Å². The molecule has 156 valence electrons. The lowest BCUT2D eigenvalue weighted by Gasteiger charge is -2.28. The van der Waals surface area contributed by atoms with Crippen LogP contribution in [0, 0.1) is 5.82 Å². The van der Waals surface area contributed by atoms with Gasteiger partial charge in [0.25, 0.3) is 5.91 Å². The molecule has 3 aromatic rings. The highest BCUT2D eigenvalue weighted by Gasteiger charge is 2.27. The van der Waals surface area contributed by atoms with Gasteiger partial charge in [-0.3, -0.25) is 9.59 Å². The Hall–Kier alpha value is -3.19. The minimum absolute atomic E-state index is 0.245. The molecule has 6 nitrogen and oxygen atoms in total. The lowest BCUT2D eigenvalue weighted by Crippen LogP contribution is -2.45. The van der Waals surface area contributed by atoms with Crippen LogP contribution in [0.25, 0.3) is 10.9 Å². The fourth-order valence-corrected chi connectivity index (χ4v) is 4.11. The second-order valence-electron chi connectivity index (χ2n) is 7.80. The van der Waals surface area contributed by atoms with Gasteiger partial charge in [-0.2, -0.15) is 0 Å². The largest absolute Gasteiger partial charge is 0.391 e. The lowest BCUT2D eigenvalue weighted by molar-refractivity contribution is 0.0718. The van der Waals surface area contributed by atoms with Crippen molar-refractivity contribution in [1.29, 1.82) is 0 Å². The van der Waals surface area contributed by atoms with Crippen LogP contribution >= 0.6 is 0 Å². The van der Waals surface area contributed by atoms with Crippen LogP contribution in [-0.2, 0) is 6.54 Å². The molecule has 0 saturated heterocycles. The number of nitrogens with one attached hydrogen (secondary N) is 1. The van der Waals surface area contributed by atoms with Gasteiger partial charge < -0.3 is 20.7 Å². The zero-order valence-electron chi connectivity index (χ0n) is 16.5. The molecular formula is C23H24FN3O3. The Morgan fingerprint density at radius 2 is 1.87 bits per heavy atom. The number of aromatic nitrogens is 1. The molecule has 2 aromatic carbocycles. The van der Waals surface area contributed by atoms with Crippen molar-refractivity contribution in [2.24, 2.45) is 5.73 Å². The first-order chi connectivity index (χ1) is 14.4. The molecule has 30 heavy (non-hydrogen) atoms. The molecule has 1 fully saturated rings. The first kappa shape index (κ1) is 20.1. The number of nitrogens with zero attached hydrogens (tertiary/aromatic N) is 1. The van der Waals surface area contributed by atoms with Crippen LogP contribution in [0.5, 0.6) is 0 Å². The van der Waals surface area contributed by atoms with E-state index in [0.29, 0.717) is 30.5 Å². The van der Waals surface area contributed by atoms with Crippen LogP contribution in [0.15, 0.2) is 48.7 Å². The molecule has 2 unspecified atom stereocenters. The van der Waals surface area contributed by atoms with Crippen molar-refractivity contribution in [3.05, 3.63) is 71.2 Å². The first-order valence-corrected chi connectivity index (χ1v) is 10.1. The van der Waals surface area contributed by atoms with Crippen molar-refractivity contribution < 1.29 is 19.1 Å². The van der Waals surface area contributed by atoms with Crippen LogP contribution in [0.3, 0.4) is 0 Å². The summed E-state index contributed by atoms with van der Waals surface area (Å²) in [6.45, 7) is 0.401. The summed E-state index contributed by atoms with van der Waals surface area (Å²) in [5.41, 5.74) is 7.42. The van der Waals surface area contributed by atoms with Crippen molar-refractivity contribution in [2.75, 3.05) is 0 Å². The van der Waals surface area contributed by atoms with E-state index >= 15 is 0 Å². The number of rotatable bonds is 5. The Labute approximate surface area is 173 Å². The maximum atomic E-state index is 14.7. The molecule has 1 aromatic heterocycles. The normalized spacial score (nSPS) is 19.0. The van der Waals surface area contributed by atoms with Gasteiger partial charge in [0, 0.05) is 23.7 Å². The van der Waals surface area contributed by atoms with E-state index in [-0.39, 0.29) is 22.9 Å². The number of benzene rings is 2. The molecule has 0 radical (unpaired) electrons. The van der Waals surface area contributed by atoms with Gasteiger partial charge in [-0.05, 0) is 42.7 Å². The molecular weight excluding hydrogens is 385 g/mol. The summed E-state index contributed by atoms with van der Waals surface area (Å²) in [6.07, 6.45) is 4.31. The second kappa shape index (κ2) is 8.28. The molecule has 1 heterocycles. The number of nitrogens with two attached hydrogens (primary N) is 1. The third-order valence-electron chi connectivity index (χ3n) is 5.74. The van der Waals surface area contributed by atoms with E-state index in [1.54, 1.807) is 42.6 Å². The highest BCUT2D eigenvalue weighted by molar-refractivity contribution is 6.07. The molecule has 4 N–H and O–H groups in total. The Bertz CT molecular complexity index is 1090. The summed E-state index contributed by atoms with van der Waals surface area (Å²) in [6, 6.07) is 11.2. The summed E-state index contributed by atoms with van der Waals surface area (Å²) in [5.74, 6) is -1.36. The van der Waals surface area contributed by atoms with Crippen LogP contribution in [-0.4, -0.2) is 33.6 Å². The highest BCUT2D eigenvalue weighted by Crippen LogP contribution is 2.26. The Morgan fingerprint density at radius 3 is 2.57 bits per heavy atom. The van der Waals surface area contributed by atoms with Gasteiger partial charge in [-0.25, -0.2) is 4.39 Å². The van der Waals surface area contributed by atoms with Gasteiger partial charge in [-0.15, -0.1) is 0 Å². The highest BCUT2D eigenvalue weighted by atomic mass is 19.1. The van der Waals surface area contributed by atoms with Gasteiger partial charge in [0.15, 0.2) is 0 Å². The molecule has 1 aliphatic carbocycles. The predicted octanol–water partition coefficient (Wildman–Crippen LogP) is 2.96. The molecule has 2 atom stereocenters. The Morgan fingerprint density at radius 1 is 1.13 bits per heavy atom. The third kappa shape index (κ3) is 3.93. The fraction of sp³-hybridized carbons (Fsp3) is 0.304. The number of aliphatic hydroxyl groups is 1. The number of hydrogen-bond acceptors (Lipinski definition) is 3. The SMILES string of the molecule is NC(=O)c1ccc(Cn2cc(C(=O)NC3CCCCC3O)c3c(F)cccc32)cc1. The van der Waals surface area contributed by atoms with Gasteiger partial charge in [0.2, 0.25) is 5.91 Å². The fourth-order valence-electron chi connectivity index (χ4n) is 4.11. The zero-order valence-corrected chi connectivity index (χ0v) is 16.5. The number of fused-ring (bicyclic) bond motifs is 1. The van der Waals surface area contributed by atoms with Gasteiger partial charge in [0.1, 0.15) is 5.82 Å². The van der Waals surface area contributed by atoms with Gasteiger partial charge in [0.05, 0.1) is 23.2 Å². The Balaban J connectivity index is 1.65. The minimum atomic E-state index is -0.579. The summed E-state index contributed by atoms with van der Waals surface area (Å²) in [4.78, 5) is 24.2. The maximum absolute atomic E-state index is 14.7. The van der Waals surface area contributed by atoms with Crippen LogP contribution in [0.1, 0.15) is 52.0 Å². The van der Waals surface area contributed by atoms with Crippen molar-refractivity contribution in [1.82, 2.24) is 9.88 Å². The number of hydrogen-bond donors (Lipinski definition) is 3. The second-order valence-corrected chi connectivity index (χ2v) is 7.80. The Kier molecular flexibility index (Phi) is 5.55. The molecule has 0 spiro atoms. The number of halogens is 1. The molecule has 1 saturated carbocycles. The van der Waals surface area contributed by atoms with Gasteiger partial charge in [-0.1, -0.05) is 31.0 Å². The molecule has 1 aliphatic rings. The molecule has 7 heteroatoms. The van der Waals surface area contributed by atoms with Crippen molar-refractivity contribution in [2.45, 2.75) is 44.4 Å². The van der Waals surface area contributed by atoms with Crippen LogP contribution in [0.2, 0.25) is 0 Å². The standard InChI is InChI=1S/C23H24FN3O3/c24-17-4-3-6-19-21(17)16(23(30)26-18-5-1-2-7-20(18)28)13-27(19)12-14-8-10-15(11-9-14)22(25)29/h3-4,6,8-11,13,18,20,28H,1-2,5,7,12H2,(H2,25,29)(H,26,30). The number of amides is 2. The van der Waals surface area contributed by atoms with E-state index in [0.717, 1.165) is 18.4 Å². The smallest absolute Gasteiger partial charge is 0.253 e. The number of carbonyl (C=O) groups is 2. The quantitative estimate of drug-likeness (QED) is 0.604. The van der Waals surface area contributed by atoms with E-state index in [1.165, 1.54) is 6.07 Å². The van der Waals surface area contributed by atoms with E-state index < -0.39 is 17.8 Å². The molecule has 4 rings (SSSR count). The molecule has 0 bridgehead atoms. The number of aliphatic hydroxyl groups excluding tert-OH is 1. The van der Waals surface area contributed by atoms with Gasteiger partial charge >= 0.3 is 0 Å².